The Kier molecular flexibility index (Phi) is 11.2. The number of para-hydroxylation sites is 1. The van der Waals surface area contributed by atoms with Gasteiger partial charge in [-0.05, 0) is 235 Å². The second-order valence-corrected chi connectivity index (χ2v) is 33.8. The van der Waals surface area contributed by atoms with E-state index in [4.69, 9.17) is 0 Å². The topological polar surface area (TPSA) is 6.48 Å². The van der Waals surface area contributed by atoms with Crippen LogP contribution in [0.15, 0.2) is 97.1 Å². The second-order valence-electron chi connectivity index (χ2n) is 33.8. The summed E-state index contributed by atoms with van der Waals surface area (Å²) in [4.78, 5) is 5.75. The van der Waals surface area contributed by atoms with E-state index in [1.807, 2.05) is 0 Å². The number of hydrogen-bond acceptors (Lipinski definition) is 2. The maximum atomic E-state index is 2.90. The van der Waals surface area contributed by atoms with E-state index >= 15 is 0 Å². The molecule has 1 saturated carbocycles. The van der Waals surface area contributed by atoms with Crippen LogP contribution in [0.25, 0.3) is 0 Å². The fraction of sp³-hybridized carbons (Fsp3) is 0.538. The molecule has 0 spiro atoms. The van der Waals surface area contributed by atoms with Crippen LogP contribution in [-0.4, -0.2) is 12.3 Å². The van der Waals surface area contributed by atoms with Crippen molar-refractivity contribution in [1.82, 2.24) is 0 Å². The van der Waals surface area contributed by atoms with Crippen LogP contribution >= 0.6 is 0 Å². The number of fused-ring (bicyclic) bond motifs is 11. The highest BCUT2D eigenvalue weighted by molar-refractivity contribution is 6.98. The van der Waals surface area contributed by atoms with Gasteiger partial charge in [0.2, 0.25) is 6.71 Å². The van der Waals surface area contributed by atoms with Crippen molar-refractivity contribution >= 4 is 51.5 Å². The molecular weight excluding hydrogens is 976 g/mol. The van der Waals surface area contributed by atoms with Crippen molar-refractivity contribution in [2.45, 2.75) is 268 Å². The monoisotopic (exact) mass is 1070 g/mol. The summed E-state index contributed by atoms with van der Waals surface area (Å²) in [5.74, 6) is 0.167. The number of nitrogens with zero attached hydrogens (tertiary/aromatic N) is 2. The summed E-state index contributed by atoms with van der Waals surface area (Å²) in [5, 5.41) is 0. The number of rotatable bonds is 3. The van der Waals surface area contributed by atoms with Crippen molar-refractivity contribution in [2.75, 3.05) is 9.80 Å². The van der Waals surface area contributed by atoms with Crippen molar-refractivity contribution in [3.8, 4) is 0 Å². The third-order valence-corrected chi connectivity index (χ3v) is 25.1. The van der Waals surface area contributed by atoms with Crippen molar-refractivity contribution in [2.24, 2.45) is 0 Å². The van der Waals surface area contributed by atoms with E-state index in [0.29, 0.717) is 0 Å². The average Bonchev–Trinajstić information content (AvgIpc) is 2.09. The molecule has 0 N–H and O–H groups in total. The highest BCUT2D eigenvalue weighted by Gasteiger charge is 2.58. The zero-order chi connectivity index (χ0) is 57.4. The minimum atomic E-state index is -0.0804. The van der Waals surface area contributed by atoms with Gasteiger partial charge in [0, 0.05) is 39.8 Å². The fourth-order valence-electron chi connectivity index (χ4n) is 18.9. The third kappa shape index (κ3) is 7.55. The first-order chi connectivity index (χ1) is 37.8. The number of benzene rings is 6. The summed E-state index contributed by atoms with van der Waals surface area (Å²) < 4.78 is 0. The van der Waals surface area contributed by atoms with E-state index in [9.17, 15) is 0 Å². The van der Waals surface area contributed by atoms with Gasteiger partial charge in [0.25, 0.3) is 0 Å². The van der Waals surface area contributed by atoms with E-state index in [2.05, 4.69) is 231 Å². The van der Waals surface area contributed by atoms with E-state index < -0.39 is 0 Å². The van der Waals surface area contributed by atoms with Gasteiger partial charge in [0.05, 0.1) is 5.54 Å². The zero-order valence-electron chi connectivity index (χ0n) is 53.5. The maximum Gasteiger partial charge on any atom is 0.247 e. The molecule has 3 aliphatic heterocycles. The predicted octanol–water partition coefficient (Wildman–Crippen LogP) is 18.8. The smallest absolute Gasteiger partial charge is 0.247 e. The van der Waals surface area contributed by atoms with Crippen molar-refractivity contribution in [3.63, 3.8) is 0 Å². The van der Waals surface area contributed by atoms with Gasteiger partial charge in [-0.3, -0.25) is 0 Å². The molecule has 6 aromatic rings. The van der Waals surface area contributed by atoms with Crippen LogP contribution in [-0.2, 0) is 55.2 Å². The Labute approximate surface area is 490 Å². The highest BCUT2D eigenvalue weighted by atomic mass is 15.3. The molecule has 2 nitrogen and oxygen atoms in total. The Hall–Kier alpha value is -5.02. The molecule has 422 valence electrons. The molecule has 14 rings (SSSR count). The van der Waals surface area contributed by atoms with Crippen LogP contribution in [0.5, 0.6) is 0 Å². The van der Waals surface area contributed by atoms with Gasteiger partial charge in [0.15, 0.2) is 0 Å². The van der Waals surface area contributed by atoms with Gasteiger partial charge < -0.3 is 9.80 Å². The number of anilines is 5. The lowest BCUT2D eigenvalue weighted by Gasteiger charge is -2.51. The molecule has 0 saturated heterocycles. The van der Waals surface area contributed by atoms with Gasteiger partial charge in [0.1, 0.15) is 0 Å². The van der Waals surface area contributed by atoms with Gasteiger partial charge in [-0.25, -0.2) is 0 Å². The first-order valence-corrected chi connectivity index (χ1v) is 32.3. The SMILES string of the molecule is CC1(C)CCC(C)(C)c2cc(C3Cc4cc(N5c6ccccc6C6(C)CCCCC56C)cc5c4B(c4cc6c(cc43)C(C)(C)CCC6(C)C)c3cc4c(cc3N5c3ccc5c(c3)C(C)(C)CCC5(C)C)C(C)(C)CCC4(C)C)ccc21. The molecular formula is C78H97BN2. The van der Waals surface area contributed by atoms with E-state index in [1.54, 1.807) is 44.4 Å². The lowest BCUT2D eigenvalue weighted by atomic mass is 9.33. The molecule has 3 heterocycles. The summed E-state index contributed by atoms with van der Waals surface area (Å²) in [7, 11) is 0. The molecule has 0 amide bonds. The average molecular weight is 1070 g/mol. The summed E-state index contributed by atoms with van der Waals surface area (Å²) in [6.07, 6.45) is 15.5. The van der Waals surface area contributed by atoms with Crippen LogP contribution in [0, 0.1) is 0 Å². The molecule has 3 heteroatoms. The first kappa shape index (κ1) is 54.0. The molecule has 8 aliphatic rings. The maximum absolute atomic E-state index is 2.90. The quantitative estimate of drug-likeness (QED) is 0.163. The highest BCUT2D eigenvalue weighted by Crippen LogP contribution is 2.62. The molecule has 3 unspecified atom stereocenters. The normalized spacial score (nSPS) is 27.4. The Balaban J connectivity index is 1.14. The summed E-state index contributed by atoms with van der Waals surface area (Å²) >= 11 is 0. The zero-order valence-corrected chi connectivity index (χ0v) is 53.5. The van der Waals surface area contributed by atoms with Crippen LogP contribution in [0.3, 0.4) is 0 Å². The molecule has 0 aromatic heterocycles. The van der Waals surface area contributed by atoms with Gasteiger partial charge in [-0.15, -0.1) is 0 Å². The van der Waals surface area contributed by atoms with Crippen LogP contribution in [0.2, 0.25) is 0 Å². The first-order valence-electron chi connectivity index (χ1n) is 32.3. The summed E-state index contributed by atoms with van der Waals surface area (Å²) in [6.45, 7) is 45.8. The van der Waals surface area contributed by atoms with Gasteiger partial charge in [-0.2, -0.15) is 0 Å². The Morgan fingerprint density at radius 3 is 1.44 bits per heavy atom. The lowest BCUT2D eigenvalue weighted by molar-refractivity contribution is 0.195. The van der Waals surface area contributed by atoms with Crippen molar-refractivity contribution in [1.29, 1.82) is 0 Å². The Bertz CT molecular complexity index is 3660. The Morgan fingerprint density at radius 1 is 0.370 bits per heavy atom. The van der Waals surface area contributed by atoms with Crippen molar-refractivity contribution < 1.29 is 0 Å². The second kappa shape index (κ2) is 16.9. The molecule has 81 heavy (non-hydrogen) atoms. The lowest BCUT2D eigenvalue weighted by Crippen LogP contribution is -2.59. The van der Waals surface area contributed by atoms with Crippen LogP contribution in [0.4, 0.5) is 28.4 Å². The standard InChI is InChI=1S/C78H97BN2/c1-69(2)31-33-71(5,6)57-41-48(25-27-54(57)69)52-40-49-39-51(81-65-24-20-19-23-56(65)77(17)29-21-22-30-78(77,81)18)43-67-68(49)79(63-45-60-59(44-53(52)63)73(9,10)35-36-74(60,11)12)64-46-61-62(76(15,16)38-37-75(61,13)14)47-66(64)80(67)50-26-28-55-58(42-50)72(7,8)34-32-70(55,3)4/h19-20,23-28,39,41-47,52H,21-22,29-38,40H2,1-18H3. The third-order valence-electron chi connectivity index (χ3n) is 25.1. The molecule has 0 bridgehead atoms. The van der Waals surface area contributed by atoms with Gasteiger partial charge >= 0.3 is 0 Å². The van der Waals surface area contributed by atoms with Crippen LogP contribution < -0.4 is 26.2 Å². The minimum Gasteiger partial charge on any atom is -0.334 e. The minimum absolute atomic E-state index is 0.0376. The fourth-order valence-corrected chi connectivity index (χ4v) is 18.9. The summed E-state index contributed by atoms with van der Waals surface area (Å²) in [5.41, 5.74) is 30.6. The molecule has 1 fully saturated rings. The van der Waals surface area contributed by atoms with E-state index in [1.165, 1.54) is 144 Å². The van der Waals surface area contributed by atoms with Crippen LogP contribution in [0.1, 0.15) is 274 Å². The predicted molar refractivity (Wildman–Crippen MR) is 348 cm³/mol. The molecule has 5 aliphatic carbocycles. The largest absolute Gasteiger partial charge is 0.334 e. The van der Waals surface area contributed by atoms with Gasteiger partial charge in [-0.1, -0.05) is 197 Å². The molecule has 0 radical (unpaired) electrons. The Morgan fingerprint density at radius 2 is 0.852 bits per heavy atom. The van der Waals surface area contributed by atoms with Crippen molar-refractivity contribution in [3.05, 3.63) is 164 Å². The van der Waals surface area contributed by atoms with E-state index in [0.717, 1.165) is 6.42 Å². The molecule has 6 aromatic carbocycles. The number of hydrogen-bond donors (Lipinski definition) is 0. The molecule has 3 atom stereocenters. The van der Waals surface area contributed by atoms with E-state index in [-0.39, 0.29) is 66.9 Å². The summed E-state index contributed by atoms with van der Waals surface area (Å²) in [6, 6.07) is 42.1.